The standard InChI is InChI=1S/C11H15ClN2OS/c1-2-5-16-7-11(15)14-10-6-8(13)3-4-9(10)12/h3-4,6H,2,5,7,13H2,1H3,(H,14,15). The number of nitrogens with one attached hydrogen (secondary N) is 1. The van der Waals surface area contributed by atoms with E-state index in [1.807, 2.05) is 0 Å². The summed E-state index contributed by atoms with van der Waals surface area (Å²) in [6.45, 7) is 2.08. The average Bonchev–Trinajstić information content (AvgIpc) is 2.24. The number of nitrogens with two attached hydrogens (primary N) is 1. The molecule has 16 heavy (non-hydrogen) atoms. The van der Waals surface area contributed by atoms with Crippen LogP contribution in [0.15, 0.2) is 18.2 Å². The van der Waals surface area contributed by atoms with Gasteiger partial charge in [0.05, 0.1) is 16.5 Å². The van der Waals surface area contributed by atoms with Crippen molar-refractivity contribution in [2.24, 2.45) is 0 Å². The van der Waals surface area contributed by atoms with Crippen LogP contribution in [-0.2, 0) is 4.79 Å². The quantitative estimate of drug-likeness (QED) is 0.631. The summed E-state index contributed by atoms with van der Waals surface area (Å²) in [7, 11) is 0. The second-order valence-corrected chi connectivity index (χ2v) is 4.85. The highest BCUT2D eigenvalue weighted by Gasteiger charge is 2.05. The molecule has 0 aliphatic rings. The highest BCUT2D eigenvalue weighted by molar-refractivity contribution is 7.99. The molecule has 3 N–H and O–H groups in total. The summed E-state index contributed by atoms with van der Waals surface area (Å²) in [5.74, 6) is 1.38. The number of halogens is 1. The summed E-state index contributed by atoms with van der Waals surface area (Å²) >= 11 is 7.53. The number of hydrogen-bond donors (Lipinski definition) is 2. The summed E-state index contributed by atoms with van der Waals surface area (Å²) < 4.78 is 0. The molecule has 0 atom stereocenters. The molecule has 0 spiro atoms. The first-order valence-corrected chi connectivity index (χ1v) is 6.59. The maximum absolute atomic E-state index is 11.5. The van der Waals surface area contributed by atoms with Crippen LogP contribution in [0.4, 0.5) is 11.4 Å². The van der Waals surface area contributed by atoms with Gasteiger partial charge >= 0.3 is 0 Å². The van der Waals surface area contributed by atoms with Gasteiger partial charge in [-0.15, -0.1) is 0 Å². The van der Waals surface area contributed by atoms with Crippen molar-refractivity contribution in [3.63, 3.8) is 0 Å². The van der Waals surface area contributed by atoms with Gasteiger partial charge in [-0.05, 0) is 30.4 Å². The van der Waals surface area contributed by atoms with Gasteiger partial charge in [-0.25, -0.2) is 0 Å². The first kappa shape index (κ1) is 13.2. The van der Waals surface area contributed by atoms with Gasteiger partial charge in [-0.3, -0.25) is 4.79 Å². The number of rotatable bonds is 5. The van der Waals surface area contributed by atoms with Crippen molar-refractivity contribution in [1.82, 2.24) is 0 Å². The molecule has 1 aromatic carbocycles. The molecule has 0 heterocycles. The molecule has 0 radical (unpaired) electrons. The van der Waals surface area contributed by atoms with Gasteiger partial charge in [0, 0.05) is 5.69 Å². The van der Waals surface area contributed by atoms with Crippen LogP contribution in [0.5, 0.6) is 0 Å². The molecule has 88 valence electrons. The Bertz CT molecular complexity index is 371. The Labute approximate surface area is 105 Å². The lowest BCUT2D eigenvalue weighted by Crippen LogP contribution is -2.14. The van der Waals surface area contributed by atoms with E-state index in [1.165, 1.54) is 0 Å². The van der Waals surface area contributed by atoms with Crippen molar-refractivity contribution in [2.45, 2.75) is 13.3 Å². The first-order chi connectivity index (χ1) is 7.63. The van der Waals surface area contributed by atoms with Gasteiger partial charge in [0.25, 0.3) is 0 Å². The number of hydrogen-bond acceptors (Lipinski definition) is 3. The fourth-order valence-corrected chi connectivity index (χ4v) is 1.99. The molecule has 0 fully saturated rings. The predicted molar refractivity (Wildman–Crippen MR) is 72.1 cm³/mol. The largest absolute Gasteiger partial charge is 0.399 e. The van der Waals surface area contributed by atoms with Crippen LogP contribution in [0.25, 0.3) is 0 Å². The van der Waals surface area contributed by atoms with Crippen LogP contribution in [0.3, 0.4) is 0 Å². The molecule has 3 nitrogen and oxygen atoms in total. The molecule has 1 amide bonds. The van der Waals surface area contributed by atoms with E-state index in [0.29, 0.717) is 22.2 Å². The lowest BCUT2D eigenvalue weighted by Gasteiger charge is -2.07. The molecule has 0 saturated carbocycles. The normalized spacial score (nSPS) is 10.1. The third kappa shape index (κ3) is 4.33. The fraction of sp³-hybridized carbons (Fsp3) is 0.364. The van der Waals surface area contributed by atoms with Crippen LogP contribution in [0, 0.1) is 0 Å². The summed E-state index contributed by atoms with van der Waals surface area (Å²) in [5.41, 5.74) is 6.77. The van der Waals surface area contributed by atoms with Crippen molar-refractivity contribution in [3.8, 4) is 0 Å². The van der Waals surface area contributed by atoms with Crippen molar-refractivity contribution < 1.29 is 4.79 Å². The molecular formula is C11H15ClN2OS. The lowest BCUT2D eigenvalue weighted by atomic mass is 10.3. The third-order valence-electron chi connectivity index (χ3n) is 1.85. The summed E-state index contributed by atoms with van der Waals surface area (Å²) in [6.07, 6.45) is 1.07. The molecule has 1 aromatic rings. The van der Waals surface area contributed by atoms with Gasteiger partial charge in [0.15, 0.2) is 0 Å². The molecule has 0 aliphatic carbocycles. The number of benzene rings is 1. The number of carbonyl (C=O) groups is 1. The van der Waals surface area contributed by atoms with Gasteiger partial charge in [-0.2, -0.15) is 11.8 Å². The predicted octanol–water partition coefficient (Wildman–Crippen LogP) is 3.00. The van der Waals surface area contributed by atoms with E-state index in [4.69, 9.17) is 17.3 Å². The number of nitrogen functional groups attached to an aromatic ring is 1. The third-order valence-corrected chi connectivity index (χ3v) is 3.34. The minimum Gasteiger partial charge on any atom is -0.399 e. The van der Waals surface area contributed by atoms with E-state index in [9.17, 15) is 4.79 Å². The minimum atomic E-state index is -0.0500. The van der Waals surface area contributed by atoms with Crippen LogP contribution in [0.2, 0.25) is 5.02 Å². The lowest BCUT2D eigenvalue weighted by molar-refractivity contribution is -0.113. The minimum absolute atomic E-state index is 0.0500. The first-order valence-electron chi connectivity index (χ1n) is 5.06. The Kier molecular flexibility index (Phi) is 5.49. The molecule has 0 saturated heterocycles. The highest BCUT2D eigenvalue weighted by Crippen LogP contribution is 2.24. The second-order valence-electron chi connectivity index (χ2n) is 3.34. The second kappa shape index (κ2) is 6.66. The smallest absolute Gasteiger partial charge is 0.234 e. The molecule has 0 aromatic heterocycles. The summed E-state index contributed by atoms with van der Waals surface area (Å²) in [5, 5.41) is 3.24. The Balaban J connectivity index is 2.52. The van der Waals surface area contributed by atoms with E-state index in [-0.39, 0.29) is 5.91 Å². The van der Waals surface area contributed by atoms with Crippen LogP contribution >= 0.6 is 23.4 Å². The summed E-state index contributed by atoms with van der Waals surface area (Å²) in [4.78, 5) is 11.5. The maximum Gasteiger partial charge on any atom is 0.234 e. The van der Waals surface area contributed by atoms with E-state index in [2.05, 4.69) is 12.2 Å². The number of anilines is 2. The van der Waals surface area contributed by atoms with Gasteiger partial charge in [0.2, 0.25) is 5.91 Å². The average molecular weight is 259 g/mol. The Morgan fingerprint density at radius 1 is 1.56 bits per heavy atom. The van der Waals surface area contributed by atoms with E-state index in [0.717, 1.165) is 12.2 Å². The van der Waals surface area contributed by atoms with Gasteiger partial charge in [0.1, 0.15) is 0 Å². The zero-order valence-corrected chi connectivity index (χ0v) is 10.7. The van der Waals surface area contributed by atoms with Crippen LogP contribution in [0.1, 0.15) is 13.3 Å². The Morgan fingerprint density at radius 2 is 2.31 bits per heavy atom. The van der Waals surface area contributed by atoms with Crippen LogP contribution in [-0.4, -0.2) is 17.4 Å². The molecule has 5 heteroatoms. The molecule has 0 aliphatic heterocycles. The monoisotopic (exact) mass is 258 g/mol. The Hall–Kier alpha value is -0.870. The zero-order chi connectivity index (χ0) is 12.0. The zero-order valence-electron chi connectivity index (χ0n) is 9.13. The molecule has 0 bridgehead atoms. The Morgan fingerprint density at radius 3 is 3.00 bits per heavy atom. The van der Waals surface area contributed by atoms with Gasteiger partial charge < -0.3 is 11.1 Å². The van der Waals surface area contributed by atoms with E-state index in [1.54, 1.807) is 30.0 Å². The number of carbonyl (C=O) groups excluding carboxylic acids is 1. The number of amides is 1. The van der Waals surface area contributed by atoms with E-state index < -0.39 is 0 Å². The fourth-order valence-electron chi connectivity index (χ4n) is 1.13. The van der Waals surface area contributed by atoms with Crippen molar-refractivity contribution in [2.75, 3.05) is 22.6 Å². The SMILES string of the molecule is CCCSCC(=O)Nc1cc(N)ccc1Cl. The molecule has 1 rings (SSSR count). The number of thioether (sulfide) groups is 1. The van der Waals surface area contributed by atoms with Crippen molar-refractivity contribution in [1.29, 1.82) is 0 Å². The highest BCUT2D eigenvalue weighted by atomic mass is 35.5. The van der Waals surface area contributed by atoms with Gasteiger partial charge in [-0.1, -0.05) is 18.5 Å². The summed E-state index contributed by atoms with van der Waals surface area (Å²) in [6, 6.07) is 5.03. The van der Waals surface area contributed by atoms with Crippen molar-refractivity contribution >= 4 is 40.6 Å². The molecule has 0 unspecified atom stereocenters. The van der Waals surface area contributed by atoms with Crippen molar-refractivity contribution in [3.05, 3.63) is 23.2 Å². The van der Waals surface area contributed by atoms with Crippen LogP contribution < -0.4 is 11.1 Å². The van der Waals surface area contributed by atoms with E-state index >= 15 is 0 Å². The topological polar surface area (TPSA) is 55.1 Å². The maximum atomic E-state index is 11.5. The molecular weight excluding hydrogens is 244 g/mol.